The van der Waals surface area contributed by atoms with E-state index in [0.29, 0.717) is 18.9 Å². The lowest BCUT2D eigenvalue weighted by molar-refractivity contribution is 0.162. The summed E-state index contributed by atoms with van der Waals surface area (Å²) in [5.74, 6) is 0.651. The van der Waals surface area contributed by atoms with Crippen molar-refractivity contribution in [3.05, 3.63) is 35.4 Å². The van der Waals surface area contributed by atoms with Gasteiger partial charge < -0.3 is 15.5 Å². The van der Waals surface area contributed by atoms with Gasteiger partial charge in [-0.15, -0.1) is 0 Å². The normalized spacial score (nSPS) is 14.6. The summed E-state index contributed by atoms with van der Waals surface area (Å²) in [7, 11) is 0. The van der Waals surface area contributed by atoms with Gasteiger partial charge in [0.15, 0.2) is 0 Å². The highest BCUT2D eigenvalue weighted by atomic mass is 16.3. The lowest BCUT2D eigenvalue weighted by Crippen LogP contribution is -2.24. The van der Waals surface area contributed by atoms with Crippen molar-refractivity contribution in [3.63, 3.8) is 0 Å². The average molecular weight is 265 g/mol. The predicted molar refractivity (Wildman–Crippen MR) is 79.1 cm³/mol. The Morgan fingerprint density at radius 1 is 1.05 bits per heavy atom. The highest BCUT2D eigenvalue weighted by Gasteiger charge is 2.07. The third kappa shape index (κ3) is 6.71. The molecule has 0 bridgehead atoms. The average Bonchev–Trinajstić information content (AvgIpc) is 2.34. The molecule has 0 aliphatic carbocycles. The largest absolute Gasteiger partial charge is 0.393 e. The van der Waals surface area contributed by atoms with Crippen LogP contribution in [0.5, 0.6) is 0 Å². The van der Waals surface area contributed by atoms with E-state index >= 15 is 0 Å². The maximum absolute atomic E-state index is 10.0. The molecule has 0 heterocycles. The molecule has 0 saturated heterocycles. The summed E-state index contributed by atoms with van der Waals surface area (Å²) < 4.78 is 0. The zero-order chi connectivity index (χ0) is 14.3. The molecular weight excluding hydrogens is 238 g/mol. The van der Waals surface area contributed by atoms with Crippen LogP contribution in [0.15, 0.2) is 24.3 Å². The fourth-order valence-corrected chi connectivity index (χ4v) is 2.01. The molecule has 1 aromatic carbocycles. The predicted octanol–water partition coefficient (Wildman–Crippen LogP) is 2.28. The summed E-state index contributed by atoms with van der Waals surface area (Å²) in [6.45, 7) is 7.42. The second-order valence-electron chi connectivity index (χ2n) is 5.70. The maximum Gasteiger partial charge on any atom is 0.0914 e. The van der Waals surface area contributed by atoms with Crippen LogP contribution in [-0.4, -0.2) is 29.4 Å². The van der Waals surface area contributed by atoms with Crippen molar-refractivity contribution in [1.82, 2.24) is 5.32 Å². The van der Waals surface area contributed by atoms with Crippen molar-refractivity contribution in [1.29, 1.82) is 0 Å². The van der Waals surface area contributed by atoms with Crippen molar-refractivity contribution in [2.24, 2.45) is 5.92 Å². The maximum atomic E-state index is 10.0. The zero-order valence-electron chi connectivity index (χ0n) is 12.3. The van der Waals surface area contributed by atoms with Crippen molar-refractivity contribution in [2.45, 2.75) is 45.8 Å². The smallest absolute Gasteiger partial charge is 0.0914 e. The van der Waals surface area contributed by atoms with E-state index in [4.69, 9.17) is 5.11 Å². The van der Waals surface area contributed by atoms with Gasteiger partial charge in [-0.3, -0.25) is 0 Å². The zero-order valence-corrected chi connectivity index (χ0v) is 12.3. The number of nitrogens with one attached hydrogen (secondary N) is 1. The van der Waals surface area contributed by atoms with E-state index in [-0.39, 0.29) is 6.10 Å². The first-order valence-electron chi connectivity index (χ1n) is 7.14. The quantitative estimate of drug-likeness (QED) is 0.632. The van der Waals surface area contributed by atoms with E-state index in [1.165, 1.54) is 5.56 Å². The van der Waals surface area contributed by atoms with Crippen molar-refractivity contribution >= 4 is 0 Å². The molecule has 2 unspecified atom stereocenters. The fraction of sp³-hybridized carbons (Fsp3) is 0.625. The first-order chi connectivity index (χ1) is 8.99. The van der Waals surface area contributed by atoms with E-state index in [2.05, 4.69) is 31.3 Å². The molecule has 0 radical (unpaired) electrons. The monoisotopic (exact) mass is 265 g/mol. The van der Waals surface area contributed by atoms with Crippen LogP contribution in [0, 0.1) is 5.92 Å². The van der Waals surface area contributed by atoms with Gasteiger partial charge in [0.2, 0.25) is 0 Å². The molecule has 1 rings (SSSR count). The second kappa shape index (κ2) is 8.31. The van der Waals surface area contributed by atoms with Crippen molar-refractivity contribution in [2.75, 3.05) is 13.1 Å². The molecule has 0 spiro atoms. The summed E-state index contributed by atoms with van der Waals surface area (Å²) >= 11 is 0. The van der Waals surface area contributed by atoms with E-state index in [1.807, 2.05) is 12.1 Å². The topological polar surface area (TPSA) is 52.5 Å². The Bertz CT molecular complexity index is 346. The van der Waals surface area contributed by atoms with Crippen LogP contribution in [-0.2, 0) is 6.42 Å². The molecule has 0 fully saturated rings. The van der Waals surface area contributed by atoms with E-state index in [0.717, 1.165) is 18.5 Å². The van der Waals surface area contributed by atoms with Gasteiger partial charge in [-0.1, -0.05) is 38.1 Å². The van der Waals surface area contributed by atoms with Crippen LogP contribution < -0.4 is 5.32 Å². The number of hydrogen-bond donors (Lipinski definition) is 3. The van der Waals surface area contributed by atoms with Gasteiger partial charge in [0.25, 0.3) is 0 Å². The molecule has 0 saturated carbocycles. The Hall–Kier alpha value is -0.900. The van der Waals surface area contributed by atoms with Gasteiger partial charge in [-0.05, 0) is 43.4 Å². The molecular formula is C16H27NO2. The Morgan fingerprint density at radius 3 is 2.21 bits per heavy atom. The Kier molecular flexibility index (Phi) is 7.06. The Balaban J connectivity index is 2.37. The van der Waals surface area contributed by atoms with Crippen molar-refractivity contribution in [3.8, 4) is 0 Å². The van der Waals surface area contributed by atoms with Gasteiger partial charge in [0.05, 0.1) is 12.2 Å². The number of aliphatic hydroxyl groups is 2. The lowest BCUT2D eigenvalue weighted by Gasteiger charge is -2.14. The van der Waals surface area contributed by atoms with Crippen LogP contribution >= 0.6 is 0 Å². The van der Waals surface area contributed by atoms with Crippen LogP contribution in [0.1, 0.15) is 44.4 Å². The molecule has 2 atom stereocenters. The molecule has 1 aromatic rings. The lowest BCUT2D eigenvalue weighted by atomic mass is 10.0. The number of hydrogen-bond acceptors (Lipinski definition) is 3. The van der Waals surface area contributed by atoms with Gasteiger partial charge in [-0.25, -0.2) is 0 Å². The number of benzene rings is 1. The number of aliphatic hydroxyl groups excluding tert-OH is 2. The molecule has 19 heavy (non-hydrogen) atoms. The minimum Gasteiger partial charge on any atom is -0.393 e. The Morgan fingerprint density at radius 2 is 1.68 bits per heavy atom. The summed E-state index contributed by atoms with van der Waals surface area (Å²) in [4.78, 5) is 0. The fourth-order valence-electron chi connectivity index (χ4n) is 2.01. The molecule has 0 aliphatic heterocycles. The van der Waals surface area contributed by atoms with E-state index in [9.17, 15) is 5.11 Å². The summed E-state index contributed by atoms with van der Waals surface area (Å²) in [5.41, 5.74) is 2.25. The van der Waals surface area contributed by atoms with E-state index < -0.39 is 6.10 Å². The van der Waals surface area contributed by atoms with E-state index in [1.54, 1.807) is 6.92 Å². The molecule has 0 aliphatic rings. The second-order valence-corrected chi connectivity index (χ2v) is 5.70. The highest BCUT2D eigenvalue weighted by molar-refractivity contribution is 5.24. The summed E-state index contributed by atoms with van der Waals surface area (Å²) in [6, 6.07) is 8.18. The summed E-state index contributed by atoms with van der Waals surface area (Å²) in [5, 5.41) is 22.3. The summed E-state index contributed by atoms with van der Waals surface area (Å²) in [6.07, 6.45) is 1.00. The molecule has 0 aromatic heterocycles. The molecule has 3 nitrogen and oxygen atoms in total. The minimum atomic E-state index is -0.484. The van der Waals surface area contributed by atoms with Crippen LogP contribution in [0.2, 0.25) is 0 Å². The first-order valence-corrected chi connectivity index (χ1v) is 7.14. The van der Waals surface area contributed by atoms with Crippen LogP contribution in [0.3, 0.4) is 0 Å². The standard InChI is InChI=1S/C16H27NO2/c1-12(2)10-14-4-6-15(7-5-14)16(19)11-17-9-8-13(3)18/h4-7,12-13,16-19H,8-11H2,1-3H3. The third-order valence-electron chi connectivity index (χ3n) is 3.09. The first kappa shape index (κ1) is 16.2. The molecule has 3 N–H and O–H groups in total. The highest BCUT2D eigenvalue weighted by Crippen LogP contribution is 2.15. The van der Waals surface area contributed by atoms with Gasteiger partial charge in [0, 0.05) is 6.54 Å². The minimum absolute atomic E-state index is 0.292. The Labute approximate surface area is 116 Å². The van der Waals surface area contributed by atoms with Crippen LogP contribution in [0.25, 0.3) is 0 Å². The van der Waals surface area contributed by atoms with Gasteiger partial charge in [-0.2, -0.15) is 0 Å². The molecule has 108 valence electrons. The number of rotatable bonds is 8. The van der Waals surface area contributed by atoms with Crippen molar-refractivity contribution < 1.29 is 10.2 Å². The SMILES string of the molecule is CC(C)Cc1ccc(C(O)CNCCC(C)O)cc1. The van der Waals surface area contributed by atoms with Gasteiger partial charge in [0.1, 0.15) is 0 Å². The molecule has 0 amide bonds. The molecule has 3 heteroatoms. The van der Waals surface area contributed by atoms with Gasteiger partial charge >= 0.3 is 0 Å². The third-order valence-corrected chi connectivity index (χ3v) is 3.09. The van der Waals surface area contributed by atoms with Crippen LogP contribution in [0.4, 0.5) is 0 Å².